The molecular formula is C19H32N2O2. The Morgan fingerprint density at radius 1 is 1.13 bits per heavy atom. The maximum atomic E-state index is 5.77. The Morgan fingerprint density at radius 3 is 2.48 bits per heavy atom. The number of unbranched alkanes of at least 4 members (excludes halogenated alkanes) is 1. The fourth-order valence-electron chi connectivity index (χ4n) is 3.16. The SMILES string of the molecule is CCOc1ccc(CNCCCCN2CC(C)OC(C)C2)cc1. The molecule has 0 amide bonds. The fraction of sp³-hybridized carbons (Fsp3) is 0.684. The van der Waals surface area contributed by atoms with Crippen molar-refractivity contribution in [2.75, 3.05) is 32.8 Å². The van der Waals surface area contributed by atoms with Crippen molar-refractivity contribution in [3.05, 3.63) is 29.8 Å². The molecule has 4 nitrogen and oxygen atoms in total. The molecule has 23 heavy (non-hydrogen) atoms. The quantitative estimate of drug-likeness (QED) is 0.709. The molecule has 0 spiro atoms. The van der Waals surface area contributed by atoms with Crippen molar-refractivity contribution >= 4 is 0 Å². The minimum absolute atomic E-state index is 0.372. The van der Waals surface area contributed by atoms with Gasteiger partial charge in [0.2, 0.25) is 0 Å². The molecule has 2 rings (SSSR count). The van der Waals surface area contributed by atoms with Gasteiger partial charge in [0, 0.05) is 19.6 Å². The molecule has 2 unspecified atom stereocenters. The predicted molar refractivity (Wildman–Crippen MR) is 95.0 cm³/mol. The zero-order valence-corrected chi connectivity index (χ0v) is 14.9. The lowest BCUT2D eigenvalue weighted by Gasteiger charge is -2.35. The molecule has 1 heterocycles. The van der Waals surface area contributed by atoms with Crippen LogP contribution in [-0.4, -0.2) is 49.9 Å². The van der Waals surface area contributed by atoms with Crippen LogP contribution in [0.5, 0.6) is 5.75 Å². The molecule has 0 bridgehead atoms. The summed E-state index contributed by atoms with van der Waals surface area (Å²) >= 11 is 0. The summed E-state index contributed by atoms with van der Waals surface area (Å²) in [6.45, 7) is 12.4. The zero-order valence-electron chi connectivity index (χ0n) is 14.9. The number of nitrogens with one attached hydrogen (secondary N) is 1. The van der Waals surface area contributed by atoms with E-state index in [-0.39, 0.29) is 0 Å². The second-order valence-electron chi connectivity index (χ2n) is 6.48. The fourth-order valence-corrected chi connectivity index (χ4v) is 3.16. The van der Waals surface area contributed by atoms with E-state index in [0.29, 0.717) is 12.2 Å². The highest BCUT2D eigenvalue weighted by Crippen LogP contribution is 2.12. The maximum absolute atomic E-state index is 5.77. The van der Waals surface area contributed by atoms with Crippen LogP contribution in [0.1, 0.15) is 39.2 Å². The van der Waals surface area contributed by atoms with Crippen molar-refractivity contribution in [3.63, 3.8) is 0 Å². The van der Waals surface area contributed by atoms with E-state index in [0.717, 1.165) is 38.5 Å². The third-order valence-electron chi connectivity index (χ3n) is 4.14. The van der Waals surface area contributed by atoms with Gasteiger partial charge in [-0.05, 0) is 64.4 Å². The minimum Gasteiger partial charge on any atom is -0.494 e. The molecule has 1 fully saturated rings. The molecule has 1 N–H and O–H groups in total. The van der Waals surface area contributed by atoms with Gasteiger partial charge in [0.1, 0.15) is 5.75 Å². The monoisotopic (exact) mass is 320 g/mol. The van der Waals surface area contributed by atoms with E-state index in [1.54, 1.807) is 0 Å². The van der Waals surface area contributed by atoms with Crippen molar-refractivity contribution in [2.45, 2.75) is 52.4 Å². The largest absolute Gasteiger partial charge is 0.494 e. The first kappa shape index (κ1) is 18.2. The van der Waals surface area contributed by atoms with Crippen LogP contribution in [0, 0.1) is 0 Å². The maximum Gasteiger partial charge on any atom is 0.119 e. The third-order valence-corrected chi connectivity index (χ3v) is 4.14. The van der Waals surface area contributed by atoms with Crippen molar-refractivity contribution < 1.29 is 9.47 Å². The van der Waals surface area contributed by atoms with E-state index < -0.39 is 0 Å². The van der Waals surface area contributed by atoms with Gasteiger partial charge in [-0.3, -0.25) is 4.90 Å². The van der Waals surface area contributed by atoms with Gasteiger partial charge in [0.05, 0.1) is 18.8 Å². The van der Waals surface area contributed by atoms with E-state index in [1.165, 1.54) is 24.9 Å². The number of hydrogen-bond acceptors (Lipinski definition) is 4. The summed E-state index contributed by atoms with van der Waals surface area (Å²) < 4.78 is 11.2. The van der Waals surface area contributed by atoms with Gasteiger partial charge in [-0.1, -0.05) is 12.1 Å². The van der Waals surface area contributed by atoms with Crippen LogP contribution < -0.4 is 10.1 Å². The van der Waals surface area contributed by atoms with Gasteiger partial charge < -0.3 is 14.8 Å². The third kappa shape index (κ3) is 6.90. The number of nitrogens with zero attached hydrogens (tertiary/aromatic N) is 1. The summed E-state index contributed by atoms with van der Waals surface area (Å²) in [5.74, 6) is 0.949. The number of benzene rings is 1. The minimum atomic E-state index is 0.372. The molecule has 2 atom stereocenters. The number of hydrogen-bond donors (Lipinski definition) is 1. The summed E-state index contributed by atoms with van der Waals surface area (Å²) in [4.78, 5) is 2.53. The first-order chi connectivity index (χ1) is 11.2. The summed E-state index contributed by atoms with van der Waals surface area (Å²) in [5, 5.41) is 3.52. The van der Waals surface area contributed by atoms with Crippen LogP contribution in [-0.2, 0) is 11.3 Å². The molecule has 0 radical (unpaired) electrons. The zero-order chi connectivity index (χ0) is 16.5. The molecule has 1 aliphatic rings. The number of ether oxygens (including phenoxy) is 2. The van der Waals surface area contributed by atoms with Crippen LogP contribution >= 0.6 is 0 Å². The first-order valence-electron chi connectivity index (χ1n) is 8.97. The average molecular weight is 320 g/mol. The van der Waals surface area contributed by atoms with Gasteiger partial charge in [-0.15, -0.1) is 0 Å². The lowest BCUT2D eigenvalue weighted by atomic mass is 10.2. The molecule has 0 aliphatic carbocycles. The summed E-state index contributed by atoms with van der Waals surface area (Å²) in [5.41, 5.74) is 1.31. The number of rotatable bonds is 9. The van der Waals surface area contributed by atoms with Gasteiger partial charge >= 0.3 is 0 Å². The van der Waals surface area contributed by atoms with Crippen LogP contribution in [0.15, 0.2) is 24.3 Å². The predicted octanol–water partition coefficient (Wildman–Crippen LogP) is 3.06. The second kappa shape index (κ2) is 9.91. The van der Waals surface area contributed by atoms with Gasteiger partial charge in [0.15, 0.2) is 0 Å². The van der Waals surface area contributed by atoms with Crippen LogP contribution in [0.2, 0.25) is 0 Å². The van der Waals surface area contributed by atoms with Gasteiger partial charge in [-0.25, -0.2) is 0 Å². The van der Waals surface area contributed by atoms with Crippen molar-refractivity contribution in [3.8, 4) is 5.75 Å². The second-order valence-corrected chi connectivity index (χ2v) is 6.48. The Balaban J connectivity index is 1.53. The average Bonchev–Trinajstić information content (AvgIpc) is 2.51. The molecular weight excluding hydrogens is 288 g/mol. The van der Waals surface area contributed by atoms with Crippen molar-refractivity contribution in [1.82, 2.24) is 10.2 Å². The Kier molecular flexibility index (Phi) is 7.86. The molecule has 4 heteroatoms. The summed E-state index contributed by atoms with van der Waals surface area (Å²) in [6, 6.07) is 8.35. The lowest BCUT2D eigenvalue weighted by Crippen LogP contribution is -2.45. The molecule has 1 saturated heterocycles. The standard InChI is InChI=1S/C19H32N2O2/c1-4-22-19-9-7-18(8-10-19)13-20-11-5-6-12-21-14-16(2)23-17(3)15-21/h7-10,16-17,20H,4-6,11-15H2,1-3H3. The lowest BCUT2D eigenvalue weighted by molar-refractivity contribution is -0.0681. The smallest absolute Gasteiger partial charge is 0.119 e. The van der Waals surface area contributed by atoms with E-state index in [9.17, 15) is 0 Å². The topological polar surface area (TPSA) is 33.7 Å². The van der Waals surface area contributed by atoms with E-state index in [4.69, 9.17) is 9.47 Å². The molecule has 0 saturated carbocycles. The van der Waals surface area contributed by atoms with Crippen LogP contribution in [0.3, 0.4) is 0 Å². The Bertz CT molecular complexity index is 426. The highest BCUT2D eigenvalue weighted by atomic mass is 16.5. The van der Waals surface area contributed by atoms with Crippen molar-refractivity contribution in [2.24, 2.45) is 0 Å². The van der Waals surface area contributed by atoms with Crippen molar-refractivity contribution in [1.29, 1.82) is 0 Å². The Morgan fingerprint density at radius 2 is 1.83 bits per heavy atom. The first-order valence-corrected chi connectivity index (χ1v) is 8.97. The van der Waals surface area contributed by atoms with E-state index in [2.05, 4.69) is 36.2 Å². The molecule has 1 aromatic rings. The van der Waals surface area contributed by atoms with Gasteiger partial charge in [0.25, 0.3) is 0 Å². The molecule has 0 aromatic heterocycles. The van der Waals surface area contributed by atoms with Gasteiger partial charge in [-0.2, -0.15) is 0 Å². The Labute approximate surface area is 141 Å². The number of morpholine rings is 1. The summed E-state index contributed by atoms with van der Waals surface area (Å²) in [6.07, 6.45) is 3.21. The normalized spacial score (nSPS) is 22.2. The summed E-state index contributed by atoms with van der Waals surface area (Å²) in [7, 11) is 0. The van der Waals surface area contributed by atoms with E-state index in [1.807, 2.05) is 19.1 Å². The molecule has 130 valence electrons. The molecule has 1 aliphatic heterocycles. The van der Waals surface area contributed by atoms with Crippen LogP contribution in [0.25, 0.3) is 0 Å². The highest BCUT2D eigenvalue weighted by Gasteiger charge is 2.21. The van der Waals surface area contributed by atoms with E-state index >= 15 is 0 Å². The van der Waals surface area contributed by atoms with Crippen LogP contribution in [0.4, 0.5) is 0 Å². The highest BCUT2D eigenvalue weighted by molar-refractivity contribution is 5.27. The molecule has 1 aromatic carbocycles. The Hall–Kier alpha value is -1.10.